The van der Waals surface area contributed by atoms with Crippen molar-refractivity contribution in [2.24, 2.45) is 17.3 Å². The smallest absolute Gasteiger partial charge is 0.324 e. The highest BCUT2D eigenvalue weighted by Crippen LogP contribution is 2.53. The summed E-state index contributed by atoms with van der Waals surface area (Å²) in [4.78, 5) is 37.0. The van der Waals surface area contributed by atoms with Crippen molar-refractivity contribution in [3.63, 3.8) is 0 Å². The zero-order valence-corrected chi connectivity index (χ0v) is 15.7. The van der Waals surface area contributed by atoms with Gasteiger partial charge in [0.1, 0.15) is 5.60 Å². The lowest BCUT2D eigenvalue weighted by molar-refractivity contribution is -0.171. The number of esters is 3. The lowest BCUT2D eigenvalue weighted by atomic mass is 9.83. The number of hydrogen-bond acceptors (Lipinski definition) is 6. The van der Waals surface area contributed by atoms with E-state index in [9.17, 15) is 14.4 Å². The predicted molar refractivity (Wildman–Crippen MR) is 90.5 cm³/mol. The van der Waals surface area contributed by atoms with E-state index in [-0.39, 0.29) is 43.9 Å². The molecule has 0 spiro atoms. The third kappa shape index (κ3) is 4.22. The normalized spacial score (nSPS) is 24.3. The topological polar surface area (TPSA) is 78.9 Å². The number of ether oxygens (including phenoxy) is 3. The molecule has 6 nitrogen and oxygen atoms in total. The minimum Gasteiger partial charge on any atom is -0.465 e. The molecule has 0 aliphatic heterocycles. The van der Waals surface area contributed by atoms with Gasteiger partial charge in [-0.05, 0) is 59.8 Å². The third-order valence-corrected chi connectivity index (χ3v) is 4.53. The van der Waals surface area contributed by atoms with Crippen molar-refractivity contribution in [2.75, 3.05) is 13.2 Å². The molecule has 0 aromatic carbocycles. The molecular weight excluding hydrogens is 324 g/mol. The van der Waals surface area contributed by atoms with Crippen LogP contribution in [0.25, 0.3) is 0 Å². The van der Waals surface area contributed by atoms with E-state index in [1.807, 2.05) is 26.8 Å². The lowest BCUT2D eigenvalue weighted by Crippen LogP contribution is -2.40. The molecule has 140 valence electrons. The predicted octanol–water partition coefficient (Wildman–Crippen LogP) is 2.80. The standard InChI is InChI=1S/C19H28O6/c1-6-23-16(21)19(17(22)24-7-2)9-8-12(11-19)13-10-14(13)15(20)25-18(3,4)5/h8,13-14H,6-7,9-11H2,1-5H3/t13-,14+/m0/s1. The van der Waals surface area contributed by atoms with Gasteiger partial charge in [0.15, 0.2) is 5.41 Å². The van der Waals surface area contributed by atoms with E-state index in [1.165, 1.54) is 0 Å². The summed E-state index contributed by atoms with van der Waals surface area (Å²) in [5.74, 6) is -1.46. The van der Waals surface area contributed by atoms with Crippen LogP contribution in [-0.4, -0.2) is 36.7 Å². The zero-order valence-electron chi connectivity index (χ0n) is 15.7. The van der Waals surface area contributed by atoms with Gasteiger partial charge in [-0.1, -0.05) is 11.6 Å². The van der Waals surface area contributed by atoms with Gasteiger partial charge in [0.25, 0.3) is 0 Å². The fraction of sp³-hybridized carbons (Fsp3) is 0.737. The average Bonchev–Trinajstić information content (AvgIpc) is 3.18. The molecule has 0 unspecified atom stereocenters. The first-order chi connectivity index (χ1) is 11.6. The van der Waals surface area contributed by atoms with Crippen molar-refractivity contribution in [1.82, 2.24) is 0 Å². The molecule has 2 aliphatic carbocycles. The van der Waals surface area contributed by atoms with E-state index >= 15 is 0 Å². The van der Waals surface area contributed by atoms with Gasteiger partial charge in [-0.25, -0.2) is 0 Å². The van der Waals surface area contributed by atoms with Crippen LogP contribution in [0, 0.1) is 17.3 Å². The van der Waals surface area contributed by atoms with Crippen molar-refractivity contribution in [3.05, 3.63) is 11.6 Å². The Balaban J connectivity index is 2.06. The highest BCUT2D eigenvalue weighted by molar-refractivity contribution is 6.01. The first-order valence-electron chi connectivity index (χ1n) is 8.91. The minimum absolute atomic E-state index is 0.0422. The summed E-state index contributed by atoms with van der Waals surface area (Å²) in [5.41, 5.74) is -0.868. The molecule has 6 heteroatoms. The van der Waals surface area contributed by atoms with Gasteiger partial charge in [0.2, 0.25) is 0 Å². The van der Waals surface area contributed by atoms with E-state index in [0.29, 0.717) is 6.42 Å². The van der Waals surface area contributed by atoms with E-state index in [4.69, 9.17) is 14.2 Å². The molecule has 0 aromatic heterocycles. The minimum atomic E-state index is -1.30. The second kappa shape index (κ2) is 7.18. The number of carbonyl (C=O) groups is 3. The second-order valence-corrected chi connectivity index (χ2v) is 7.67. The number of hydrogen-bond donors (Lipinski definition) is 0. The molecule has 0 amide bonds. The maximum atomic E-state index is 12.4. The number of carbonyl (C=O) groups excluding carboxylic acids is 3. The Morgan fingerprint density at radius 3 is 2.16 bits per heavy atom. The van der Waals surface area contributed by atoms with Gasteiger partial charge in [0.05, 0.1) is 19.1 Å². The SMILES string of the molecule is CCOC(=O)C1(C(=O)OCC)CC=C([C@@H]2C[C@H]2C(=O)OC(C)(C)C)C1. The molecule has 0 bridgehead atoms. The Bertz CT molecular complexity index is 565. The summed E-state index contributed by atoms with van der Waals surface area (Å²) in [5, 5.41) is 0. The molecule has 0 radical (unpaired) electrons. The Morgan fingerprint density at radius 2 is 1.68 bits per heavy atom. The number of rotatable bonds is 6. The van der Waals surface area contributed by atoms with Crippen LogP contribution in [0.5, 0.6) is 0 Å². The maximum Gasteiger partial charge on any atom is 0.324 e. The fourth-order valence-electron chi connectivity index (χ4n) is 3.26. The van der Waals surface area contributed by atoms with Gasteiger partial charge < -0.3 is 14.2 Å². The Morgan fingerprint density at radius 1 is 1.12 bits per heavy atom. The number of allylic oxidation sites excluding steroid dienone is 2. The summed E-state index contributed by atoms with van der Waals surface area (Å²) >= 11 is 0. The van der Waals surface area contributed by atoms with Crippen LogP contribution in [0.3, 0.4) is 0 Å². The molecule has 2 atom stereocenters. The Hall–Kier alpha value is -1.85. The molecule has 0 heterocycles. The summed E-state index contributed by atoms with van der Waals surface area (Å²) in [7, 11) is 0. The van der Waals surface area contributed by atoms with Crippen molar-refractivity contribution in [2.45, 2.75) is 59.5 Å². The van der Waals surface area contributed by atoms with E-state index in [1.54, 1.807) is 13.8 Å². The first kappa shape index (κ1) is 19.5. The van der Waals surface area contributed by atoms with E-state index in [0.717, 1.165) is 5.57 Å². The van der Waals surface area contributed by atoms with E-state index < -0.39 is 23.0 Å². The summed E-state index contributed by atoms with van der Waals surface area (Å²) in [6.45, 7) is 9.34. The highest BCUT2D eigenvalue weighted by atomic mass is 16.6. The molecule has 0 aromatic rings. The van der Waals surface area contributed by atoms with Gasteiger partial charge in [-0.15, -0.1) is 0 Å². The van der Waals surface area contributed by atoms with Crippen molar-refractivity contribution in [1.29, 1.82) is 0 Å². The largest absolute Gasteiger partial charge is 0.465 e. The van der Waals surface area contributed by atoms with Crippen LogP contribution in [-0.2, 0) is 28.6 Å². The Labute approximate surface area is 148 Å². The molecule has 0 saturated heterocycles. The highest BCUT2D eigenvalue weighted by Gasteiger charge is 2.56. The van der Waals surface area contributed by atoms with Crippen LogP contribution < -0.4 is 0 Å². The monoisotopic (exact) mass is 352 g/mol. The van der Waals surface area contributed by atoms with Crippen LogP contribution >= 0.6 is 0 Å². The molecular formula is C19H28O6. The van der Waals surface area contributed by atoms with Crippen LogP contribution in [0.1, 0.15) is 53.9 Å². The van der Waals surface area contributed by atoms with Crippen molar-refractivity contribution < 1.29 is 28.6 Å². The molecule has 0 N–H and O–H groups in total. The van der Waals surface area contributed by atoms with Crippen LogP contribution in [0.15, 0.2) is 11.6 Å². The molecule has 2 aliphatic rings. The molecule has 25 heavy (non-hydrogen) atoms. The van der Waals surface area contributed by atoms with Gasteiger partial charge in [0, 0.05) is 0 Å². The van der Waals surface area contributed by atoms with Gasteiger partial charge in [-0.2, -0.15) is 0 Å². The fourth-order valence-corrected chi connectivity index (χ4v) is 3.26. The molecule has 1 saturated carbocycles. The first-order valence-corrected chi connectivity index (χ1v) is 8.91. The maximum absolute atomic E-state index is 12.4. The third-order valence-electron chi connectivity index (χ3n) is 4.53. The summed E-state index contributed by atoms with van der Waals surface area (Å²) < 4.78 is 15.7. The van der Waals surface area contributed by atoms with Crippen LogP contribution in [0.2, 0.25) is 0 Å². The quantitative estimate of drug-likeness (QED) is 0.316. The Kier molecular flexibility index (Phi) is 5.59. The second-order valence-electron chi connectivity index (χ2n) is 7.67. The van der Waals surface area contributed by atoms with Gasteiger partial charge >= 0.3 is 17.9 Å². The van der Waals surface area contributed by atoms with Gasteiger partial charge in [-0.3, -0.25) is 14.4 Å². The van der Waals surface area contributed by atoms with Crippen LogP contribution in [0.4, 0.5) is 0 Å². The lowest BCUT2D eigenvalue weighted by Gasteiger charge is -2.24. The summed E-state index contributed by atoms with van der Waals surface area (Å²) in [6.07, 6.45) is 3.11. The van der Waals surface area contributed by atoms with Crippen molar-refractivity contribution >= 4 is 17.9 Å². The van der Waals surface area contributed by atoms with E-state index in [2.05, 4.69) is 0 Å². The molecule has 2 rings (SSSR count). The zero-order chi connectivity index (χ0) is 18.8. The van der Waals surface area contributed by atoms with Crippen molar-refractivity contribution in [3.8, 4) is 0 Å². The summed E-state index contributed by atoms with van der Waals surface area (Å²) in [6, 6.07) is 0. The molecule has 1 fully saturated rings. The average molecular weight is 352 g/mol.